The van der Waals surface area contributed by atoms with Gasteiger partial charge in [0.2, 0.25) is 0 Å². The molecule has 0 aliphatic heterocycles. The summed E-state index contributed by atoms with van der Waals surface area (Å²) in [6, 6.07) is 0. The van der Waals surface area contributed by atoms with Gasteiger partial charge in [0.1, 0.15) is 0 Å². The Bertz CT molecular complexity index is 267. The van der Waals surface area contributed by atoms with Crippen molar-refractivity contribution < 1.29 is 5.11 Å². The Labute approximate surface area is 132 Å². The van der Waals surface area contributed by atoms with Gasteiger partial charge in [-0.25, -0.2) is 0 Å². The molecule has 1 heteroatoms. The maximum atomic E-state index is 10.4. The standard InChI is InChI=1S/C20H38O/c1-3-5-6-8-16-9-11-17(12-10-16)19-14-13-18(7-4-2)20(21)15-19/h16-21H,3-15H2,1-2H3. The van der Waals surface area contributed by atoms with Crippen molar-refractivity contribution in [1.82, 2.24) is 0 Å². The highest BCUT2D eigenvalue weighted by Crippen LogP contribution is 2.43. The van der Waals surface area contributed by atoms with E-state index in [-0.39, 0.29) is 6.10 Å². The van der Waals surface area contributed by atoms with Gasteiger partial charge >= 0.3 is 0 Å². The number of aliphatic hydroxyl groups excluding tert-OH is 1. The third kappa shape index (κ3) is 5.27. The summed E-state index contributed by atoms with van der Waals surface area (Å²) in [5.41, 5.74) is 0. The number of unbranched alkanes of at least 4 members (excludes halogenated alkanes) is 2. The van der Waals surface area contributed by atoms with Gasteiger partial charge in [-0.05, 0) is 62.2 Å². The van der Waals surface area contributed by atoms with E-state index in [0.717, 1.165) is 24.2 Å². The maximum absolute atomic E-state index is 10.4. The predicted molar refractivity (Wildman–Crippen MR) is 91.3 cm³/mol. The van der Waals surface area contributed by atoms with E-state index in [4.69, 9.17) is 0 Å². The zero-order chi connectivity index (χ0) is 15.1. The van der Waals surface area contributed by atoms with Gasteiger partial charge in [-0.1, -0.05) is 58.8 Å². The van der Waals surface area contributed by atoms with Gasteiger partial charge in [0.15, 0.2) is 0 Å². The minimum absolute atomic E-state index is 0.00553. The van der Waals surface area contributed by atoms with E-state index in [0.29, 0.717) is 5.92 Å². The molecular weight excluding hydrogens is 256 g/mol. The van der Waals surface area contributed by atoms with Gasteiger partial charge in [-0.15, -0.1) is 0 Å². The van der Waals surface area contributed by atoms with E-state index in [1.807, 2.05) is 0 Å². The van der Waals surface area contributed by atoms with Crippen molar-refractivity contribution in [3.05, 3.63) is 0 Å². The van der Waals surface area contributed by atoms with Crippen LogP contribution in [0.5, 0.6) is 0 Å². The van der Waals surface area contributed by atoms with Gasteiger partial charge in [-0.3, -0.25) is 0 Å². The Morgan fingerprint density at radius 3 is 2.10 bits per heavy atom. The molecule has 0 aromatic heterocycles. The van der Waals surface area contributed by atoms with Gasteiger partial charge in [0.05, 0.1) is 6.10 Å². The van der Waals surface area contributed by atoms with E-state index in [1.165, 1.54) is 77.0 Å². The molecule has 1 N–H and O–H groups in total. The zero-order valence-corrected chi connectivity index (χ0v) is 14.5. The summed E-state index contributed by atoms with van der Waals surface area (Å²) in [7, 11) is 0. The highest BCUT2D eigenvalue weighted by atomic mass is 16.3. The average Bonchev–Trinajstić information content (AvgIpc) is 2.50. The third-order valence-electron chi connectivity index (χ3n) is 6.43. The Kier molecular flexibility index (Phi) is 7.57. The molecule has 3 unspecified atom stereocenters. The molecule has 124 valence electrons. The van der Waals surface area contributed by atoms with Crippen LogP contribution < -0.4 is 0 Å². The first kappa shape index (κ1) is 17.3. The third-order valence-corrected chi connectivity index (χ3v) is 6.43. The van der Waals surface area contributed by atoms with Crippen LogP contribution in [-0.2, 0) is 0 Å². The van der Waals surface area contributed by atoms with Crippen LogP contribution in [0.2, 0.25) is 0 Å². The molecule has 1 nitrogen and oxygen atoms in total. The molecule has 0 saturated heterocycles. The number of aliphatic hydroxyl groups is 1. The molecular formula is C20H38O. The second kappa shape index (κ2) is 9.18. The van der Waals surface area contributed by atoms with Gasteiger partial charge in [-0.2, -0.15) is 0 Å². The Balaban J connectivity index is 1.68. The highest BCUT2D eigenvalue weighted by molar-refractivity contribution is 4.85. The normalized spacial score (nSPS) is 37.6. The fourth-order valence-corrected chi connectivity index (χ4v) is 5.01. The smallest absolute Gasteiger partial charge is 0.0571 e. The molecule has 0 amide bonds. The summed E-state index contributed by atoms with van der Waals surface area (Å²) < 4.78 is 0. The van der Waals surface area contributed by atoms with Crippen LogP contribution >= 0.6 is 0 Å². The first-order valence-electron chi connectivity index (χ1n) is 9.92. The fourth-order valence-electron chi connectivity index (χ4n) is 5.01. The molecule has 3 atom stereocenters. The van der Waals surface area contributed by atoms with Crippen LogP contribution in [0.15, 0.2) is 0 Å². The van der Waals surface area contributed by atoms with Crippen LogP contribution in [0.4, 0.5) is 0 Å². The summed E-state index contributed by atoms with van der Waals surface area (Å²) in [6.07, 6.45) is 17.8. The first-order valence-corrected chi connectivity index (χ1v) is 9.92. The molecule has 0 heterocycles. The molecule has 0 radical (unpaired) electrons. The maximum Gasteiger partial charge on any atom is 0.0571 e. The summed E-state index contributed by atoms with van der Waals surface area (Å²) in [5, 5.41) is 10.4. The lowest BCUT2D eigenvalue weighted by Crippen LogP contribution is -2.34. The Morgan fingerprint density at radius 1 is 0.762 bits per heavy atom. The minimum Gasteiger partial charge on any atom is -0.393 e. The van der Waals surface area contributed by atoms with E-state index < -0.39 is 0 Å². The topological polar surface area (TPSA) is 20.2 Å². The van der Waals surface area contributed by atoms with Crippen molar-refractivity contribution in [3.63, 3.8) is 0 Å². The Hall–Kier alpha value is -0.0400. The molecule has 0 aromatic rings. The van der Waals surface area contributed by atoms with Crippen molar-refractivity contribution in [2.75, 3.05) is 0 Å². The van der Waals surface area contributed by atoms with Crippen molar-refractivity contribution in [2.24, 2.45) is 23.7 Å². The van der Waals surface area contributed by atoms with Gasteiger partial charge in [0, 0.05) is 0 Å². The van der Waals surface area contributed by atoms with Gasteiger partial charge < -0.3 is 5.11 Å². The number of rotatable bonds is 7. The van der Waals surface area contributed by atoms with E-state index in [9.17, 15) is 5.11 Å². The molecule has 0 spiro atoms. The fraction of sp³-hybridized carbons (Fsp3) is 1.00. The average molecular weight is 295 g/mol. The lowest BCUT2D eigenvalue weighted by molar-refractivity contribution is 0.0158. The molecule has 2 saturated carbocycles. The summed E-state index contributed by atoms with van der Waals surface area (Å²) >= 11 is 0. The van der Waals surface area contributed by atoms with Crippen molar-refractivity contribution >= 4 is 0 Å². The van der Waals surface area contributed by atoms with E-state index in [1.54, 1.807) is 0 Å². The van der Waals surface area contributed by atoms with Crippen molar-refractivity contribution in [1.29, 1.82) is 0 Å². The zero-order valence-electron chi connectivity index (χ0n) is 14.5. The molecule has 2 fully saturated rings. The summed E-state index contributed by atoms with van der Waals surface area (Å²) in [4.78, 5) is 0. The molecule has 2 rings (SSSR count). The second-order valence-corrected chi connectivity index (χ2v) is 7.97. The lowest BCUT2D eigenvalue weighted by atomic mass is 9.67. The van der Waals surface area contributed by atoms with Crippen LogP contribution in [-0.4, -0.2) is 11.2 Å². The van der Waals surface area contributed by atoms with Crippen LogP contribution in [0, 0.1) is 23.7 Å². The molecule has 2 aliphatic carbocycles. The van der Waals surface area contributed by atoms with Crippen LogP contribution in [0.3, 0.4) is 0 Å². The summed E-state index contributed by atoms with van der Waals surface area (Å²) in [6.45, 7) is 4.55. The molecule has 0 bridgehead atoms. The van der Waals surface area contributed by atoms with Crippen molar-refractivity contribution in [2.45, 2.75) is 103 Å². The van der Waals surface area contributed by atoms with Crippen LogP contribution in [0.25, 0.3) is 0 Å². The molecule has 2 aliphatic rings. The summed E-state index contributed by atoms with van der Waals surface area (Å²) in [5.74, 6) is 3.40. The monoisotopic (exact) mass is 294 g/mol. The van der Waals surface area contributed by atoms with Crippen molar-refractivity contribution in [3.8, 4) is 0 Å². The highest BCUT2D eigenvalue weighted by Gasteiger charge is 2.34. The Morgan fingerprint density at radius 2 is 1.48 bits per heavy atom. The predicted octanol–water partition coefficient (Wildman–Crippen LogP) is 5.95. The molecule has 0 aromatic carbocycles. The number of hydrogen-bond donors (Lipinski definition) is 1. The van der Waals surface area contributed by atoms with Crippen LogP contribution in [0.1, 0.15) is 97.3 Å². The van der Waals surface area contributed by atoms with E-state index >= 15 is 0 Å². The largest absolute Gasteiger partial charge is 0.393 e. The second-order valence-electron chi connectivity index (χ2n) is 7.97. The molecule has 21 heavy (non-hydrogen) atoms. The minimum atomic E-state index is 0.00553. The van der Waals surface area contributed by atoms with E-state index in [2.05, 4.69) is 13.8 Å². The number of hydrogen-bond acceptors (Lipinski definition) is 1. The SMILES string of the molecule is CCCCCC1CCC(C2CCC(CCC)C(O)C2)CC1. The first-order chi connectivity index (χ1) is 10.2. The quantitative estimate of drug-likeness (QED) is 0.575. The van der Waals surface area contributed by atoms with Gasteiger partial charge in [0.25, 0.3) is 0 Å². The lowest BCUT2D eigenvalue weighted by Gasteiger charge is -2.40.